The van der Waals surface area contributed by atoms with Crippen LogP contribution in [0.3, 0.4) is 0 Å². The molecule has 1 fully saturated rings. The molecule has 0 saturated carbocycles. The van der Waals surface area contributed by atoms with Crippen molar-refractivity contribution in [2.24, 2.45) is 0 Å². The maximum absolute atomic E-state index is 12.4. The Balaban J connectivity index is 1.99. The van der Waals surface area contributed by atoms with E-state index < -0.39 is 0 Å². The maximum atomic E-state index is 12.4. The van der Waals surface area contributed by atoms with Crippen LogP contribution in [-0.2, 0) is 4.74 Å². The van der Waals surface area contributed by atoms with E-state index in [1.165, 1.54) is 0 Å². The van der Waals surface area contributed by atoms with Crippen molar-refractivity contribution < 1.29 is 9.53 Å². The van der Waals surface area contributed by atoms with E-state index in [4.69, 9.17) is 4.74 Å². The van der Waals surface area contributed by atoms with Crippen LogP contribution in [0.5, 0.6) is 0 Å². The first-order valence-corrected chi connectivity index (χ1v) is 7.17. The van der Waals surface area contributed by atoms with E-state index in [0.717, 1.165) is 38.1 Å². The van der Waals surface area contributed by atoms with Gasteiger partial charge in [-0.05, 0) is 26.3 Å². The molecule has 1 heterocycles. The number of carbonyl (C=O) groups is 1. The number of carbonyl (C=O) groups excluding carboxylic acids is 1. The number of hydrogen-bond acceptors (Lipinski definition) is 3. The summed E-state index contributed by atoms with van der Waals surface area (Å²) in [6, 6.07) is 9.45. The second-order valence-corrected chi connectivity index (χ2v) is 5.13. The summed E-state index contributed by atoms with van der Waals surface area (Å²) in [5, 5.41) is 0. The molecule has 1 saturated heterocycles. The SMILES string of the molecule is CCN(CC1CCCO1)C(C)C(=O)c1ccccc1. The van der Waals surface area contributed by atoms with Gasteiger partial charge in [-0.25, -0.2) is 0 Å². The number of rotatable bonds is 6. The van der Waals surface area contributed by atoms with Gasteiger partial charge in [0.05, 0.1) is 12.1 Å². The molecular formula is C16H23NO2. The zero-order valence-electron chi connectivity index (χ0n) is 11.8. The number of Topliss-reactive ketones (excluding diaryl/α,β-unsaturated/α-hetero) is 1. The van der Waals surface area contributed by atoms with Gasteiger partial charge in [0.25, 0.3) is 0 Å². The molecule has 104 valence electrons. The first-order chi connectivity index (χ1) is 9.22. The van der Waals surface area contributed by atoms with E-state index in [9.17, 15) is 4.79 Å². The zero-order chi connectivity index (χ0) is 13.7. The minimum absolute atomic E-state index is 0.0865. The van der Waals surface area contributed by atoms with Crippen molar-refractivity contribution in [1.29, 1.82) is 0 Å². The first kappa shape index (κ1) is 14.2. The molecule has 0 N–H and O–H groups in total. The third kappa shape index (κ3) is 3.64. The van der Waals surface area contributed by atoms with Crippen molar-refractivity contribution in [3.8, 4) is 0 Å². The van der Waals surface area contributed by atoms with Crippen molar-refractivity contribution in [2.45, 2.75) is 38.8 Å². The molecule has 0 amide bonds. The molecule has 1 aromatic carbocycles. The van der Waals surface area contributed by atoms with E-state index in [1.807, 2.05) is 37.3 Å². The molecule has 1 aliphatic heterocycles. The first-order valence-electron chi connectivity index (χ1n) is 7.17. The number of hydrogen-bond donors (Lipinski definition) is 0. The minimum Gasteiger partial charge on any atom is -0.377 e. The lowest BCUT2D eigenvalue weighted by Gasteiger charge is -2.29. The van der Waals surface area contributed by atoms with E-state index in [1.54, 1.807) is 0 Å². The molecule has 2 unspecified atom stereocenters. The molecule has 2 atom stereocenters. The lowest BCUT2D eigenvalue weighted by atomic mass is 10.0. The molecule has 0 aliphatic carbocycles. The minimum atomic E-state index is -0.0865. The van der Waals surface area contributed by atoms with Gasteiger partial charge < -0.3 is 4.74 Å². The Bertz CT molecular complexity index is 398. The Hall–Kier alpha value is -1.19. The van der Waals surface area contributed by atoms with Gasteiger partial charge in [-0.2, -0.15) is 0 Å². The number of nitrogens with zero attached hydrogens (tertiary/aromatic N) is 1. The van der Waals surface area contributed by atoms with Crippen molar-refractivity contribution in [3.05, 3.63) is 35.9 Å². The van der Waals surface area contributed by atoms with Crippen LogP contribution in [0.25, 0.3) is 0 Å². The Morgan fingerprint density at radius 2 is 2.16 bits per heavy atom. The normalized spacial score (nSPS) is 20.7. The molecule has 19 heavy (non-hydrogen) atoms. The fourth-order valence-corrected chi connectivity index (χ4v) is 2.62. The molecule has 0 bridgehead atoms. The predicted molar refractivity (Wildman–Crippen MR) is 76.5 cm³/mol. The summed E-state index contributed by atoms with van der Waals surface area (Å²) in [4.78, 5) is 14.6. The quantitative estimate of drug-likeness (QED) is 0.737. The fraction of sp³-hybridized carbons (Fsp3) is 0.562. The highest BCUT2D eigenvalue weighted by Gasteiger charge is 2.25. The monoisotopic (exact) mass is 261 g/mol. The molecule has 3 heteroatoms. The third-order valence-corrected chi connectivity index (χ3v) is 3.85. The Kier molecular flexibility index (Phi) is 5.11. The molecule has 3 nitrogen and oxygen atoms in total. The van der Waals surface area contributed by atoms with Gasteiger partial charge in [-0.15, -0.1) is 0 Å². The second-order valence-electron chi connectivity index (χ2n) is 5.13. The average molecular weight is 261 g/mol. The summed E-state index contributed by atoms with van der Waals surface area (Å²) in [5.41, 5.74) is 0.792. The molecule has 1 aliphatic rings. The van der Waals surface area contributed by atoms with Crippen LogP contribution in [0.4, 0.5) is 0 Å². The van der Waals surface area contributed by atoms with Gasteiger partial charge in [-0.1, -0.05) is 37.3 Å². The Morgan fingerprint density at radius 3 is 2.74 bits per heavy atom. The van der Waals surface area contributed by atoms with Crippen LogP contribution in [0.1, 0.15) is 37.0 Å². The second kappa shape index (κ2) is 6.83. The zero-order valence-corrected chi connectivity index (χ0v) is 11.8. The van der Waals surface area contributed by atoms with E-state index in [-0.39, 0.29) is 11.8 Å². The Morgan fingerprint density at radius 1 is 1.42 bits per heavy atom. The molecule has 1 aromatic rings. The highest BCUT2D eigenvalue weighted by Crippen LogP contribution is 2.16. The fourth-order valence-electron chi connectivity index (χ4n) is 2.62. The molecule has 0 spiro atoms. The van der Waals surface area contributed by atoms with E-state index in [2.05, 4.69) is 11.8 Å². The smallest absolute Gasteiger partial charge is 0.179 e. The summed E-state index contributed by atoms with van der Waals surface area (Å²) in [5.74, 6) is 0.195. The number of ketones is 1. The number of likely N-dealkylation sites (N-methyl/N-ethyl adjacent to an activating group) is 1. The van der Waals surface area contributed by atoms with E-state index in [0.29, 0.717) is 6.10 Å². The average Bonchev–Trinajstić information content (AvgIpc) is 2.97. The highest BCUT2D eigenvalue weighted by atomic mass is 16.5. The van der Waals surface area contributed by atoms with Crippen LogP contribution in [0.15, 0.2) is 30.3 Å². The Labute approximate surface area is 115 Å². The van der Waals surface area contributed by atoms with Crippen LogP contribution in [-0.4, -0.2) is 42.5 Å². The third-order valence-electron chi connectivity index (χ3n) is 3.85. The van der Waals surface area contributed by atoms with Gasteiger partial charge in [-0.3, -0.25) is 9.69 Å². The molecule has 0 aromatic heterocycles. The van der Waals surface area contributed by atoms with E-state index >= 15 is 0 Å². The van der Waals surface area contributed by atoms with Crippen LogP contribution in [0, 0.1) is 0 Å². The van der Waals surface area contributed by atoms with Crippen molar-refractivity contribution in [1.82, 2.24) is 4.90 Å². The summed E-state index contributed by atoms with van der Waals surface area (Å²) < 4.78 is 5.67. The molecule has 0 radical (unpaired) electrons. The van der Waals surface area contributed by atoms with Gasteiger partial charge in [0.1, 0.15) is 0 Å². The highest BCUT2D eigenvalue weighted by molar-refractivity contribution is 5.99. The summed E-state index contributed by atoms with van der Waals surface area (Å²) in [7, 11) is 0. The maximum Gasteiger partial charge on any atom is 0.179 e. The standard InChI is InChI=1S/C16H23NO2/c1-3-17(12-15-10-7-11-19-15)13(2)16(18)14-8-5-4-6-9-14/h4-6,8-9,13,15H,3,7,10-12H2,1-2H3. The lowest BCUT2D eigenvalue weighted by Crippen LogP contribution is -2.43. The summed E-state index contributed by atoms with van der Waals surface area (Å²) >= 11 is 0. The summed E-state index contributed by atoms with van der Waals surface area (Å²) in [6.07, 6.45) is 2.55. The van der Waals surface area contributed by atoms with Crippen molar-refractivity contribution in [3.63, 3.8) is 0 Å². The largest absolute Gasteiger partial charge is 0.377 e. The van der Waals surface area contributed by atoms with Gasteiger partial charge in [0.15, 0.2) is 5.78 Å². The number of benzene rings is 1. The van der Waals surface area contributed by atoms with Gasteiger partial charge in [0, 0.05) is 18.7 Å². The summed E-state index contributed by atoms with van der Waals surface area (Å²) in [6.45, 7) is 6.69. The predicted octanol–water partition coefficient (Wildman–Crippen LogP) is 2.76. The number of ether oxygens (including phenoxy) is 1. The van der Waals surface area contributed by atoms with Crippen molar-refractivity contribution >= 4 is 5.78 Å². The van der Waals surface area contributed by atoms with Crippen LogP contribution in [0.2, 0.25) is 0 Å². The van der Waals surface area contributed by atoms with Crippen molar-refractivity contribution in [2.75, 3.05) is 19.7 Å². The molecular weight excluding hydrogens is 238 g/mol. The van der Waals surface area contributed by atoms with Gasteiger partial charge in [0.2, 0.25) is 0 Å². The molecule has 2 rings (SSSR count). The van der Waals surface area contributed by atoms with Gasteiger partial charge >= 0.3 is 0 Å². The lowest BCUT2D eigenvalue weighted by molar-refractivity contribution is 0.0552. The van der Waals surface area contributed by atoms with Crippen LogP contribution < -0.4 is 0 Å². The topological polar surface area (TPSA) is 29.5 Å². The van der Waals surface area contributed by atoms with Crippen LogP contribution >= 0.6 is 0 Å².